The normalized spacial score (nSPS) is 14.6. The van der Waals surface area contributed by atoms with E-state index in [0.717, 1.165) is 30.3 Å². The van der Waals surface area contributed by atoms with Crippen molar-refractivity contribution in [1.82, 2.24) is 0 Å². The van der Waals surface area contributed by atoms with Crippen molar-refractivity contribution in [2.75, 3.05) is 37.9 Å². The Bertz CT molecular complexity index is 403. The third-order valence-corrected chi connectivity index (χ3v) is 3.19. The summed E-state index contributed by atoms with van der Waals surface area (Å²) in [4.78, 5) is 0. The minimum Gasteiger partial charge on any atom is -0.495 e. The summed E-state index contributed by atoms with van der Waals surface area (Å²) in [6, 6.07) is 4.04. The molecule has 0 amide bonds. The molecule has 0 heterocycles. The molecular weight excluding hydrogens is 228 g/mol. The minimum atomic E-state index is 0.642. The Labute approximate surface area is 108 Å². The summed E-state index contributed by atoms with van der Waals surface area (Å²) in [7, 11) is 1.67. The van der Waals surface area contributed by atoms with Crippen LogP contribution in [-0.4, -0.2) is 26.9 Å². The number of anilines is 2. The van der Waals surface area contributed by atoms with Gasteiger partial charge in [0.1, 0.15) is 5.75 Å². The van der Waals surface area contributed by atoms with Crippen LogP contribution in [-0.2, 0) is 4.74 Å². The molecule has 0 spiro atoms. The predicted molar refractivity (Wildman–Crippen MR) is 74.4 cm³/mol. The molecule has 1 aromatic carbocycles. The van der Waals surface area contributed by atoms with Gasteiger partial charge in [0.2, 0.25) is 0 Å². The van der Waals surface area contributed by atoms with E-state index in [4.69, 9.17) is 15.2 Å². The average molecular weight is 250 g/mol. The Kier molecular flexibility index (Phi) is 4.31. The Morgan fingerprint density at radius 3 is 2.78 bits per heavy atom. The fourth-order valence-corrected chi connectivity index (χ4v) is 2.07. The SMILES string of the molecule is CCOCCNc1cc(C2CC2)c(N)cc1OC. The number of nitrogens with two attached hydrogens (primary N) is 1. The van der Waals surface area contributed by atoms with Crippen molar-refractivity contribution in [1.29, 1.82) is 0 Å². The van der Waals surface area contributed by atoms with E-state index in [0.29, 0.717) is 12.5 Å². The second-order valence-electron chi connectivity index (χ2n) is 4.58. The van der Waals surface area contributed by atoms with Crippen LogP contribution in [0.25, 0.3) is 0 Å². The minimum absolute atomic E-state index is 0.642. The Hall–Kier alpha value is -1.42. The van der Waals surface area contributed by atoms with Gasteiger partial charge in [-0.1, -0.05) is 0 Å². The first-order valence-corrected chi connectivity index (χ1v) is 6.55. The quantitative estimate of drug-likeness (QED) is 0.577. The fourth-order valence-electron chi connectivity index (χ4n) is 2.07. The van der Waals surface area contributed by atoms with E-state index in [1.54, 1.807) is 7.11 Å². The largest absolute Gasteiger partial charge is 0.495 e. The molecule has 100 valence electrons. The van der Waals surface area contributed by atoms with Crippen LogP contribution in [0.1, 0.15) is 31.2 Å². The highest BCUT2D eigenvalue weighted by molar-refractivity contribution is 5.67. The number of ether oxygens (including phenoxy) is 2. The molecule has 18 heavy (non-hydrogen) atoms. The molecule has 0 bridgehead atoms. The van der Waals surface area contributed by atoms with Gasteiger partial charge in [-0.15, -0.1) is 0 Å². The summed E-state index contributed by atoms with van der Waals surface area (Å²) >= 11 is 0. The lowest BCUT2D eigenvalue weighted by Gasteiger charge is -2.15. The highest BCUT2D eigenvalue weighted by Gasteiger charge is 2.26. The van der Waals surface area contributed by atoms with Gasteiger partial charge in [0.15, 0.2) is 0 Å². The van der Waals surface area contributed by atoms with Crippen LogP contribution in [0.3, 0.4) is 0 Å². The van der Waals surface area contributed by atoms with Crippen LogP contribution in [0, 0.1) is 0 Å². The number of nitrogens with one attached hydrogen (secondary N) is 1. The number of methoxy groups -OCH3 is 1. The molecule has 0 aliphatic heterocycles. The predicted octanol–water partition coefficient (Wildman–Crippen LogP) is 2.60. The lowest BCUT2D eigenvalue weighted by atomic mass is 10.1. The average Bonchev–Trinajstić information content (AvgIpc) is 3.19. The van der Waals surface area contributed by atoms with Crippen LogP contribution in [0.4, 0.5) is 11.4 Å². The number of benzene rings is 1. The Morgan fingerprint density at radius 1 is 1.39 bits per heavy atom. The van der Waals surface area contributed by atoms with Gasteiger partial charge in [-0.3, -0.25) is 0 Å². The molecule has 0 radical (unpaired) electrons. The first kappa shape index (κ1) is 13.0. The summed E-state index contributed by atoms with van der Waals surface area (Å²) < 4.78 is 10.7. The zero-order valence-electron chi connectivity index (χ0n) is 11.2. The topological polar surface area (TPSA) is 56.5 Å². The highest BCUT2D eigenvalue weighted by atomic mass is 16.5. The summed E-state index contributed by atoms with van der Waals surface area (Å²) in [6.45, 7) is 4.21. The van der Waals surface area contributed by atoms with E-state index in [2.05, 4.69) is 11.4 Å². The van der Waals surface area contributed by atoms with Crippen molar-refractivity contribution >= 4 is 11.4 Å². The summed E-state index contributed by atoms with van der Waals surface area (Å²) in [5.41, 5.74) is 9.14. The molecule has 1 saturated carbocycles. The van der Waals surface area contributed by atoms with Crippen molar-refractivity contribution in [2.45, 2.75) is 25.7 Å². The van der Waals surface area contributed by atoms with Gasteiger partial charge in [0, 0.05) is 24.9 Å². The molecule has 4 heteroatoms. The van der Waals surface area contributed by atoms with E-state index < -0.39 is 0 Å². The van der Waals surface area contributed by atoms with Crippen LogP contribution < -0.4 is 15.8 Å². The second kappa shape index (κ2) is 5.96. The van der Waals surface area contributed by atoms with Crippen LogP contribution in [0.15, 0.2) is 12.1 Å². The third-order valence-electron chi connectivity index (χ3n) is 3.19. The van der Waals surface area contributed by atoms with Gasteiger partial charge in [0.05, 0.1) is 19.4 Å². The first-order valence-electron chi connectivity index (χ1n) is 6.55. The number of nitrogen functional groups attached to an aromatic ring is 1. The smallest absolute Gasteiger partial charge is 0.144 e. The van der Waals surface area contributed by atoms with E-state index in [1.165, 1.54) is 18.4 Å². The molecule has 3 N–H and O–H groups in total. The second-order valence-corrected chi connectivity index (χ2v) is 4.58. The van der Waals surface area contributed by atoms with E-state index in [1.807, 2.05) is 13.0 Å². The molecule has 0 aromatic heterocycles. The number of hydrogen-bond donors (Lipinski definition) is 2. The van der Waals surface area contributed by atoms with Crippen molar-refractivity contribution in [3.8, 4) is 5.75 Å². The molecule has 0 atom stereocenters. The zero-order chi connectivity index (χ0) is 13.0. The maximum Gasteiger partial charge on any atom is 0.144 e. The monoisotopic (exact) mass is 250 g/mol. The van der Waals surface area contributed by atoms with Gasteiger partial charge >= 0.3 is 0 Å². The zero-order valence-corrected chi connectivity index (χ0v) is 11.2. The standard InChI is InChI=1S/C14H22N2O2/c1-3-18-7-6-16-13-8-11(10-4-5-10)12(15)9-14(13)17-2/h8-10,16H,3-7,15H2,1-2H3. The molecular formula is C14H22N2O2. The lowest BCUT2D eigenvalue weighted by Crippen LogP contribution is -2.10. The van der Waals surface area contributed by atoms with E-state index >= 15 is 0 Å². The molecule has 1 aromatic rings. The van der Waals surface area contributed by atoms with Gasteiger partial charge in [-0.05, 0) is 37.3 Å². The number of rotatable bonds is 7. The van der Waals surface area contributed by atoms with Gasteiger partial charge < -0.3 is 20.5 Å². The van der Waals surface area contributed by atoms with Gasteiger partial charge in [-0.2, -0.15) is 0 Å². The molecule has 1 fully saturated rings. The van der Waals surface area contributed by atoms with Gasteiger partial charge in [0.25, 0.3) is 0 Å². The van der Waals surface area contributed by atoms with Crippen LogP contribution >= 0.6 is 0 Å². The number of hydrogen-bond acceptors (Lipinski definition) is 4. The van der Waals surface area contributed by atoms with Crippen molar-refractivity contribution in [3.05, 3.63) is 17.7 Å². The summed E-state index contributed by atoms with van der Waals surface area (Å²) in [6.07, 6.45) is 2.49. The Balaban J connectivity index is 2.08. The lowest BCUT2D eigenvalue weighted by molar-refractivity contribution is 0.158. The molecule has 0 saturated heterocycles. The molecule has 0 unspecified atom stereocenters. The van der Waals surface area contributed by atoms with Crippen molar-refractivity contribution < 1.29 is 9.47 Å². The third kappa shape index (κ3) is 3.07. The van der Waals surface area contributed by atoms with Crippen LogP contribution in [0.2, 0.25) is 0 Å². The van der Waals surface area contributed by atoms with E-state index in [9.17, 15) is 0 Å². The fraction of sp³-hybridized carbons (Fsp3) is 0.571. The van der Waals surface area contributed by atoms with Crippen molar-refractivity contribution in [2.24, 2.45) is 0 Å². The van der Waals surface area contributed by atoms with E-state index in [-0.39, 0.29) is 0 Å². The molecule has 2 rings (SSSR count). The van der Waals surface area contributed by atoms with Gasteiger partial charge in [-0.25, -0.2) is 0 Å². The molecule has 1 aliphatic carbocycles. The van der Waals surface area contributed by atoms with Crippen LogP contribution in [0.5, 0.6) is 5.75 Å². The molecule has 1 aliphatic rings. The summed E-state index contributed by atoms with van der Waals surface area (Å²) in [5, 5.41) is 3.34. The maximum atomic E-state index is 6.05. The highest BCUT2D eigenvalue weighted by Crippen LogP contribution is 2.45. The first-order chi connectivity index (χ1) is 8.76. The summed E-state index contributed by atoms with van der Waals surface area (Å²) in [5.74, 6) is 1.44. The molecule has 4 nitrogen and oxygen atoms in total. The Morgan fingerprint density at radius 2 is 2.17 bits per heavy atom. The van der Waals surface area contributed by atoms with Crippen molar-refractivity contribution in [3.63, 3.8) is 0 Å². The maximum absolute atomic E-state index is 6.05.